The van der Waals surface area contributed by atoms with Gasteiger partial charge < -0.3 is 10.1 Å². The zero-order valence-corrected chi connectivity index (χ0v) is 12.1. The van der Waals surface area contributed by atoms with Crippen LogP contribution in [0.15, 0.2) is 22.7 Å². The molecule has 0 aliphatic heterocycles. The number of benzene rings is 1. The highest BCUT2D eigenvalue weighted by Gasteiger charge is 2.21. The lowest BCUT2D eigenvalue weighted by molar-refractivity contribution is -0.120. The lowest BCUT2D eigenvalue weighted by Gasteiger charge is -2.20. The van der Waals surface area contributed by atoms with Crippen molar-refractivity contribution in [2.24, 2.45) is 5.92 Å². The first-order valence-corrected chi connectivity index (χ1v) is 7.14. The molecular formula is C14H18BrNO2. The molecule has 1 amide bonds. The molecule has 98 valence electrons. The molecule has 0 bridgehead atoms. The van der Waals surface area contributed by atoms with Gasteiger partial charge in [-0.15, -0.1) is 0 Å². The van der Waals surface area contributed by atoms with Crippen molar-refractivity contribution in [3.63, 3.8) is 0 Å². The molecule has 1 fully saturated rings. The number of carbonyl (C=O) groups is 1. The Bertz CT molecular complexity index is 428. The Kier molecular flexibility index (Phi) is 4.64. The van der Waals surface area contributed by atoms with Gasteiger partial charge in [0, 0.05) is 17.7 Å². The Hall–Kier alpha value is -1.03. The van der Waals surface area contributed by atoms with Crippen LogP contribution in [-0.2, 0) is 4.79 Å². The highest BCUT2D eigenvalue weighted by atomic mass is 79.9. The van der Waals surface area contributed by atoms with Gasteiger partial charge in [0.15, 0.2) is 0 Å². The Balaban J connectivity index is 2.02. The van der Waals surface area contributed by atoms with Crippen molar-refractivity contribution >= 4 is 27.5 Å². The second-order valence-electron chi connectivity index (χ2n) is 4.67. The molecular weight excluding hydrogens is 294 g/mol. The van der Waals surface area contributed by atoms with Gasteiger partial charge in [0.25, 0.3) is 0 Å². The predicted molar refractivity (Wildman–Crippen MR) is 75.9 cm³/mol. The Morgan fingerprint density at radius 2 is 2.06 bits per heavy atom. The number of methoxy groups -OCH3 is 1. The summed E-state index contributed by atoms with van der Waals surface area (Å²) in [6.07, 6.45) is 5.62. The third-order valence-corrected chi connectivity index (χ3v) is 4.05. The zero-order chi connectivity index (χ0) is 13.0. The maximum absolute atomic E-state index is 12.1. The zero-order valence-electron chi connectivity index (χ0n) is 10.5. The van der Waals surface area contributed by atoms with Gasteiger partial charge in [-0.2, -0.15) is 0 Å². The Labute approximate surface area is 116 Å². The SMILES string of the molecule is COc1cc(NC(=O)C2CCCCC2)ccc1Br. The topological polar surface area (TPSA) is 38.3 Å². The molecule has 1 N–H and O–H groups in total. The molecule has 0 saturated heterocycles. The van der Waals surface area contributed by atoms with Crippen molar-refractivity contribution in [2.75, 3.05) is 12.4 Å². The molecule has 0 atom stereocenters. The van der Waals surface area contributed by atoms with E-state index in [9.17, 15) is 4.79 Å². The first-order valence-electron chi connectivity index (χ1n) is 6.35. The number of ether oxygens (including phenoxy) is 1. The molecule has 4 heteroatoms. The van der Waals surface area contributed by atoms with Crippen LogP contribution in [0.3, 0.4) is 0 Å². The van der Waals surface area contributed by atoms with Gasteiger partial charge in [-0.1, -0.05) is 19.3 Å². The van der Waals surface area contributed by atoms with Gasteiger partial charge in [0.1, 0.15) is 5.75 Å². The van der Waals surface area contributed by atoms with Crippen LogP contribution < -0.4 is 10.1 Å². The monoisotopic (exact) mass is 311 g/mol. The van der Waals surface area contributed by atoms with Gasteiger partial charge in [0.2, 0.25) is 5.91 Å². The number of hydrogen-bond donors (Lipinski definition) is 1. The molecule has 0 radical (unpaired) electrons. The Morgan fingerprint density at radius 1 is 1.33 bits per heavy atom. The predicted octanol–water partition coefficient (Wildman–Crippen LogP) is 3.98. The molecule has 0 aromatic heterocycles. The third kappa shape index (κ3) is 3.25. The molecule has 1 aromatic rings. The second kappa shape index (κ2) is 6.23. The summed E-state index contributed by atoms with van der Waals surface area (Å²) in [4.78, 5) is 12.1. The van der Waals surface area contributed by atoms with Gasteiger partial charge >= 0.3 is 0 Å². The molecule has 2 rings (SSSR count). The summed E-state index contributed by atoms with van der Waals surface area (Å²) in [6, 6.07) is 5.60. The summed E-state index contributed by atoms with van der Waals surface area (Å²) in [5, 5.41) is 2.97. The molecule has 1 saturated carbocycles. The summed E-state index contributed by atoms with van der Waals surface area (Å²) >= 11 is 3.40. The standard InChI is InChI=1S/C14H18BrNO2/c1-18-13-9-11(7-8-12(13)15)16-14(17)10-5-3-2-4-6-10/h7-10H,2-6H2,1H3,(H,16,17). The first kappa shape index (κ1) is 13.4. The van der Waals surface area contributed by atoms with Crippen LogP contribution in [0, 0.1) is 5.92 Å². The van der Waals surface area contributed by atoms with Gasteiger partial charge in [-0.3, -0.25) is 4.79 Å². The van der Waals surface area contributed by atoms with E-state index in [2.05, 4.69) is 21.2 Å². The number of carbonyl (C=O) groups excluding carboxylic acids is 1. The lowest BCUT2D eigenvalue weighted by Crippen LogP contribution is -2.24. The average molecular weight is 312 g/mol. The molecule has 3 nitrogen and oxygen atoms in total. The van der Waals surface area contributed by atoms with Gasteiger partial charge in [0.05, 0.1) is 11.6 Å². The fourth-order valence-corrected chi connectivity index (χ4v) is 2.76. The van der Waals surface area contributed by atoms with Crippen molar-refractivity contribution < 1.29 is 9.53 Å². The Morgan fingerprint density at radius 3 is 2.72 bits per heavy atom. The average Bonchev–Trinajstić information content (AvgIpc) is 2.42. The fraction of sp³-hybridized carbons (Fsp3) is 0.500. The van der Waals surface area contributed by atoms with Crippen LogP contribution in [0.1, 0.15) is 32.1 Å². The van der Waals surface area contributed by atoms with E-state index in [1.807, 2.05) is 18.2 Å². The highest BCUT2D eigenvalue weighted by Crippen LogP contribution is 2.29. The molecule has 0 heterocycles. The second-order valence-corrected chi connectivity index (χ2v) is 5.53. The smallest absolute Gasteiger partial charge is 0.227 e. The number of halogens is 1. The molecule has 18 heavy (non-hydrogen) atoms. The number of nitrogens with one attached hydrogen (secondary N) is 1. The van der Waals surface area contributed by atoms with E-state index < -0.39 is 0 Å². The van der Waals surface area contributed by atoms with Gasteiger partial charge in [-0.25, -0.2) is 0 Å². The van der Waals surface area contributed by atoms with E-state index in [1.54, 1.807) is 7.11 Å². The highest BCUT2D eigenvalue weighted by molar-refractivity contribution is 9.10. The number of hydrogen-bond acceptors (Lipinski definition) is 2. The van der Waals surface area contributed by atoms with E-state index >= 15 is 0 Å². The van der Waals surface area contributed by atoms with Crippen molar-refractivity contribution in [1.29, 1.82) is 0 Å². The number of anilines is 1. The van der Waals surface area contributed by atoms with E-state index in [0.29, 0.717) is 0 Å². The van der Waals surface area contributed by atoms with Crippen molar-refractivity contribution in [1.82, 2.24) is 0 Å². The van der Waals surface area contributed by atoms with Gasteiger partial charge in [-0.05, 0) is 40.9 Å². The van der Waals surface area contributed by atoms with Crippen LogP contribution in [0.5, 0.6) is 5.75 Å². The van der Waals surface area contributed by atoms with Crippen LogP contribution >= 0.6 is 15.9 Å². The minimum atomic E-state index is 0.138. The number of rotatable bonds is 3. The van der Waals surface area contributed by atoms with E-state index in [0.717, 1.165) is 28.8 Å². The van der Waals surface area contributed by atoms with E-state index in [4.69, 9.17) is 4.74 Å². The molecule has 0 unspecified atom stereocenters. The molecule has 1 aliphatic carbocycles. The van der Waals surface area contributed by atoms with Crippen molar-refractivity contribution in [3.8, 4) is 5.75 Å². The van der Waals surface area contributed by atoms with E-state index in [-0.39, 0.29) is 11.8 Å². The summed E-state index contributed by atoms with van der Waals surface area (Å²) in [6.45, 7) is 0. The van der Waals surface area contributed by atoms with Crippen LogP contribution in [0.25, 0.3) is 0 Å². The first-order chi connectivity index (χ1) is 8.70. The maximum atomic E-state index is 12.1. The minimum Gasteiger partial charge on any atom is -0.495 e. The summed E-state index contributed by atoms with van der Waals surface area (Å²) in [7, 11) is 1.62. The number of amides is 1. The van der Waals surface area contributed by atoms with Crippen molar-refractivity contribution in [2.45, 2.75) is 32.1 Å². The quantitative estimate of drug-likeness (QED) is 0.917. The minimum absolute atomic E-state index is 0.138. The fourth-order valence-electron chi connectivity index (χ4n) is 2.35. The van der Waals surface area contributed by atoms with Crippen molar-refractivity contribution in [3.05, 3.63) is 22.7 Å². The molecule has 1 aliphatic rings. The summed E-state index contributed by atoms with van der Waals surface area (Å²) in [5.74, 6) is 1.05. The van der Waals surface area contributed by atoms with Crippen LogP contribution in [-0.4, -0.2) is 13.0 Å². The normalized spacial score (nSPS) is 16.3. The third-order valence-electron chi connectivity index (χ3n) is 3.39. The largest absolute Gasteiger partial charge is 0.495 e. The lowest BCUT2D eigenvalue weighted by atomic mass is 9.88. The molecule has 0 spiro atoms. The van der Waals surface area contributed by atoms with E-state index in [1.165, 1.54) is 19.3 Å². The van der Waals surface area contributed by atoms with Crippen LogP contribution in [0.4, 0.5) is 5.69 Å². The summed E-state index contributed by atoms with van der Waals surface area (Å²) < 4.78 is 6.10. The summed E-state index contributed by atoms with van der Waals surface area (Å²) in [5.41, 5.74) is 0.797. The maximum Gasteiger partial charge on any atom is 0.227 e. The van der Waals surface area contributed by atoms with Crippen LogP contribution in [0.2, 0.25) is 0 Å². The molecule has 1 aromatic carbocycles.